The molecule has 6 nitrogen and oxygen atoms in total. The van der Waals surface area contributed by atoms with Crippen LogP contribution in [0.2, 0.25) is 10.0 Å². The molecule has 2 N–H and O–H groups in total. The summed E-state index contributed by atoms with van der Waals surface area (Å²) in [5.41, 5.74) is 0.981. The normalized spacial score (nSPS) is 24.3. The van der Waals surface area contributed by atoms with Crippen LogP contribution >= 0.6 is 23.2 Å². The van der Waals surface area contributed by atoms with Crippen LogP contribution in [0.15, 0.2) is 30.5 Å². The summed E-state index contributed by atoms with van der Waals surface area (Å²) in [6.07, 6.45) is 0. The summed E-state index contributed by atoms with van der Waals surface area (Å²) < 4.78 is 5.29. The van der Waals surface area contributed by atoms with E-state index in [2.05, 4.69) is 17.2 Å². The lowest BCUT2D eigenvalue weighted by molar-refractivity contribution is -0.139. The minimum atomic E-state index is -0.653. The standard InChI is InChI=1S/C16H17Cl2N3O3/c1-9-13(15(22)21-4-6-24-7-5-21)14(20-16(23)19-9)11-3-2-10(17)8-12(11)18/h2-3,8,13-14H,1,4-7H2,(H2,19,20,23)/t13-,14+/m0/s1. The van der Waals surface area contributed by atoms with Gasteiger partial charge in [-0.1, -0.05) is 35.8 Å². The Morgan fingerprint density at radius 3 is 2.67 bits per heavy atom. The smallest absolute Gasteiger partial charge is 0.319 e. The highest BCUT2D eigenvalue weighted by molar-refractivity contribution is 6.35. The number of carbonyl (C=O) groups excluding carboxylic acids is 2. The lowest BCUT2D eigenvalue weighted by atomic mass is 9.87. The molecule has 1 aromatic rings. The zero-order valence-electron chi connectivity index (χ0n) is 12.9. The Hall–Kier alpha value is -1.76. The van der Waals surface area contributed by atoms with E-state index in [1.165, 1.54) is 0 Å². The summed E-state index contributed by atoms with van der Waals surface area (Å²) >= 11 is 12.2. The summed E-state index contributed by atoms with van der Waals surface area (Å²) in [4.78, 5) is 26.6. The second-order valence-corrected chi connectivity index (χ2v) is 6.53. The highest BCUT2D eigenvalue weighted by atomic mass is 35.5. The predicted octanol–water partition coefficient (Wildman–Crippen LogP) is 2.34. The van der Waals surface area contributed by atoms with Gasteiger partial charge < -0.3 is 20.3 Å². The fourth-order valence-electron chi connectivity index (χ4n) is 2.97. The van der Waals surface area contributed by atoms with Gasteiger partial charge in [0.15, 0.2) is 0 Å². The summed E-state index contributed by atoms with van der Waals surface area (Å²) in [6.45, 7) is 5.88. The van der Waals surface area contributed by atoms with E-state index in [-0.39, 0.29) is 5.91 Å². The van der Waals surface area contributed by atoms with Gasteiger partial charge in [0.05, 0.1) is 19.3 Å². The molecule has 24 heavy (non-hydrogen) atoms. The maximum absolute atomic E-state index is 13.0. The van der Waals surface area contributed by atoms with Gasteiger partial charge in [-0.05, 0) is 17.7 Å². The molecule has 1 aromatic carbocycles. The number of ether oxygens (including phenoxy) is 1. The van der Waals surface area contributed by atoms with Crippen LogP contribution in [0.5, 0.6) is 0 Å². The third-order valence-electron chi connectivity index (χ3n) is 4.16. The van der Waals surface area contributed by atoms with Gasteiger partial charge in [-0.25, -0.2) is 4.79 Å². The number of halogens is 2. The van der Waals surface area contributed by atoms with Gasteiger partial charge in [0.1, 0.15) is 5.92 Å². The number of hydrogen-bond donors (Lipinski definition) is 2. The number of morpholine rings is 1. The van der Waals surface area contributed by atoms with Crippen molar-refractivity contribution < 1.29 is 14.3 Å². The largest absolute Gasteiger partial charge is 0.378 e. The Morgan fingerprint density at radius 2 is 2.00 bits per heavy atom. The first-order chi connectivity index (χ1) is 11.5. The number of nitrogens with zero attached hydrogens (tertiary/aromatic N) is 1. The van der Waals surface area contributed by atoms with Crippen LogP contribution in [0.4, 0.5) is 4.79 Å². The van der Waals surface area contributed by atoms with Gasteiger partial charge in [0, 0.05) is 28.8 Å². The second-order valence-electron chi connectivity index (χ2n) is 5.68. The molecule has 3 amide bonds. The van der Waals surface area contributed by atoms with E-state index < -0.39 is 18.0 Å². The third kappa shape index (κ3) is 3.36. The molecule has 3 rings (SSSR count). The predicted molar refractivity (Wildman–Crippen MR) is 90.9 cm³/mol. The van der Waals surface area contributed by atoms with E-state index in [9.17, 15) is 9.59 Å². The van der Waals surface area contributed by atoms with Crippen molar-refractivity contribution in [3.63, 3.8) is 0 Å². The van der Waals surface area contributed by atoms with E-state index >= 15 is 0 Å². The summed E-state index contributed by atoms with van der Waals surface area (Å²) in [5.74, 6) is -0.772. The Labute approximate surface area is 149 Å². The number of carbonyl (C=O) groups is 2. The average molecular weight is 370 g/mol. The zero-order valence-corrected chi connectivity index (χ0v) is 14.4. The van der Waals surface area contributed by atoms with Crippen molar-refractivity contribution in [1.29, 1.82) is 0 Å². The number of amides is 3. The molecule has 2 heterocycles. The molecule has 0 bridgehead atoms. The SMILES string of the molecule is C=C1NC(=O)N[C@H](c2ccc(Cl)cc2Cl)[C@H]1C(=O)N1CCOCC1. The molecule has 0 radical (unpaired) electrons. The van der Waals surface area contributed by atoms with Crippen LogP contribution in [-0.2, 0) is 9.53 Å². The summed E-state index contributed by atoms with van der Waals surface area (Å²) in [6, 6.07) is 3.96. The summed E-state index contributed by atoms with van der Waals surface area (Å²) in [5, 5.41) is 6.24. The fraction of sp³-hybridized carbons (Fsp3) is 0.375. The second kappa shape index (κ2) is 7.01. The van der Waals surface area contributed by atoms with Crippen LogP contribution < -0.4 is 10.6 Å². The molecular formula is C16H17Cl2N3O3. The highest BCUT2D eigenvalue weighted by Gasteiger charge is 2.40. The first kappa shape index (κ1) is 17.1. The minimum absolute atomic E-state index is 0.119. The van der Waals surface area contributed by atoms with Crippen LogP contribution in [0.1, 0.15) is 11.6 Å². The molecule has 2 atom stereocenters. The van der Waals surface area contributed by atoms with Gasteiger partial charge in [0.25, 0.3) is 0 Å². The summed E-state index contributed by atoms with van der Waals surface area (Å²) in [7, 11) is 0. The van der Waals surface area contributed by atoms with Crippen molar-refractivity contribution >= 4 is 35.1 Å². The molecule has 8 heteroatoms. The van der Waals surface area contributed by atoms with Crippen LogP contribution in [-0.4, -0.2) is 43.1 Å². The van der Waals surface area contributed by atoms with Gasteiger partial charge in [-0.2, -0.15) is 0 Å². The Balaban J connectivity index is 1.94. The maximum atomic E-state index is 13.0. The van der Waals surface area contributed by atoms with E-state index in [1.54, 1.807) is 23.1 Å². The number of hydrogen-bond acceptors (Lipinski definition) is 3. The molecule has 128 valence electrons. The van der Waals surface area contributed by atoms with Crippen LogP contribution in [0, 0.1) is 5.92 Å². The molecular weight excluding hydrogens is 353 g/mol. The van der Waals surface area contributed by atoms with Gasteiger partial charge in [-0.3, -0.25) is 4.79 Å². The van der Waals surface area contributed by atoms with Crippen molar-refractivity contribution in [3.05, 3.63) is 46.1 Å². The number of nitrogens with one attached hydrogen (secondary N) is 2. The number of urea groups is 1. The van der Waals surface area contributed by atoms with Crippen molar-refractivity contribution in [2.45, 2.75) is 6.04 Å². The average Bonchev–Trinajstić information content (AvgIpc) is 2.54. The molecule has 2 aliphatic heterocycles. The van der Waals surface area contributed by atoms with E-state index in [1.807, 2.05) is 0 Å². The van der Waals surface area contributed by atoms with E-state index in [0.717, 1.165) is 0 Å². The van der Waals surface area contributed by atoms with Gasteiger partial charge >= 0.3 is 6.03 Å². The highest BCUT2D eigenvalue weighted by Crippen LogP contribution is 2.35. The third-order valence-corrected chi connectivity index (χ3v) is 4.72. The lowest BCUT2D eigenvalue weighted by Crippen LogP contribution is -2.55. The number of rotatable bonds is 2. The molecule has 2 fully saturated rings. The monoisotopic (exact) mass is 369 g/mol. The molecule has 2 saturated heterocycles. The molecule has 0 aromatic heterocycles. The first-order valence-electron chi connectivity index (χ1n) is 7.55. The Bertz CT molecular complexity index is 689. The lowest BCUT2D eigenvalue weighted by Gasteiger charge is -2.38. The molecule has 2 aliphatic rings. The first-order valence-corrected chi connectivity index (χ1v) is 8.31. The minimum Gasteiger partial charge on any atom is -0.378 e. The van der Waals surface area contributed by atoms with E-state index in [4.69, 9.17) is 27.9 Å². The zero-order chi connectivity index (χ0) is 17.3. The molecule has 0 unspecified atom stereocenters. The number of benzene rings is 1. The van der Waals surface area contributed by atoms with Gasteiger partial charge in [-0.15, -0.1) is 0 Å². The Morgan fingerprint density at radius 1 is 1.29 bits per heavy atom. The van der Waals surface area contributed by atoms with Crippen molar-refractivity contribution in [2.24, 2.45) is 5.92 Å². The van der Waals surface area contributed by atoms with Gasteiger partial charge in [0.2, 0.25) is 5.91 Å². The van der Waals surface area contributed by atoms with E-state index in [0.29, 0.717) is 47.6 Å². The quantitative estimate of drug-likeness (QED) is 0.840. The fourth-order valence-corrected chi connectivity index (χ4v) is 3.49. The topological polar surface area (TPSA) is 70.7 Å². The molecule has 0 saturated carbocycles. The van der Waals surface area contributed by atoms with Crippen molar-refractivity contribution in [2.75, 3.05) is 26.3 Å². The molecule has 0 spiro atoms. The van der Waals surface area contributed by atoms with Crippen LogP contribution in [0.25, 0.3) is 0 Å². The van der Waals surface area contributed by atoms with Crippen LogP contribution in [0.3, 0.4) is 0 Å². The van der Waals surface area contributed by atoms with Crippen molar-refractivity contribution in [1.82, 2.24) is 15.5 Å². The van der Waals surface area contributed by atoms with Crippen molar-refractivity contribution in [3.8, 4) is 0 Å². The maximum Gasteiger partial charge on any atom is 0.319 e. The Kier molecular flexibility index (Phi) is 4.99. The molecule has 0 aliphatic carbocycles.